The van der Waals surface area contributed by atoms with Crippen LogP contribution in [-0.4, -0.2) is 15.0 Å². The SMILES string of the molecule is CC1(C)c2ccccc2-c2cccc(-c3cccc(-c4ccc5oc6cccc(-c7nc(-c8cccc(-c9ccccc9)c8)nc(-c8ccccc8-c8ccccc8)n7)c6c5c4)c3)c21. The average molecular weight is 820 g/mol. The molecule has 1 aliphatic carbocycles. The Bertz CT molecular complexity index is 3590. The van der Waals surface area contributed by atoms with E-state index in [1.54, 1.807) is 0 Å². The van der Waals surface area contributed by atoms with Crippen LogP contribution in [0.3, 0.4) is 0 Å². The van der Waals surface area contributed by atoms with Crippen LogP contribution in [0.5, 0.6) is 0 Å². The smallest absolute Gasteiger partial charge is 0.164 e. The van der Waals surface area contributed by atoms with Gasteiger partial charge < -0.3 is 4.42 Å². The minimum Gasteiger partial charge on any atom is -0.456 e. The highest BCUT2D eigenvalue weighted by Crippen LogP contribution is 2.52. The van der Waals surface area contributed by atoms with E-state index < -0.39 is 0 Å². The van der Waals surface area contributed by atoms with E-state index in [4.69, 9.17) is 19.4 Å². The molecule has 0 N–H and O–H groups in total. The average Bonchev–Trinajstić information content (AvgIpc) is 3.86. The van der Waals surface area contributed by atoms with E-state index in [9.17, 15) is 0 Å². The van der Waals surface area contributed by atoms with Crippen molar-refractivity contribution >= 4 is 21.9 Å². The lowest BCUT2D eigenvalue weighted by Crippen LogP contribution is -2.16. The highest BCUT2D eigenvalue weighted by molar-refractivity contribution is 6.13. The molecule has 1 aliphatic rings. The molecular weight excluding hydrogens is 779 g/mol. The fraction of sp³-hybridized carbons (Fsp3) is 0.0500. The third kappa shape index (κ3) is 6.26. The quantitative estimate of drug-likeness (QED) is 0.161. The number of furan rings is 1. The second-order valence-corrected chi connectivity index (χ2v) is 17.1. The van der Waals surface area contributed by atoms with Gasteiger partial charge in [0.15, 0.2) is 17.5 Å². The molecule has 0 bridgehead atoms. The van der Waals surface area contributed by atoms with E-state index in [0.29, 0.717) is 17.5 Å². The van der Waals surface area contributed by atoms with Crippen molar-refractivity contribution in [2.45, 2.75) is 19.3 Å². The van der Waals surface area contributed by atoms with Gasteiger partial charge in [0.1, 0.15) is 11.2 Å². The Morgan fingerprint density at radius 3 is 1.64 bits per heavy atom. The highest BCUT2D eigenvalue weighted by atomic mass is 16.3. The molecule has 0 spiro atoms. The minimum atomic E-state index is -0.118. The van der Waals surface area contributed by atoms with E-state index in [1.807, 2.05) is 30.3 Å². The number of hydrogen-bond acceptors (Lipinski definition) is 4. The van der Waals surface area contributed by atoms with Gasteiger partial charge in [-0.2, -0.15) is 0 Å². The Labute approximate surface area is 372 Å². The predicted octanol–water partition coefficient (Wildman–Crippen LogP) is 15.7. The maximum atomic E-state index is 6.60. The molecule has 2 heterocycles. The van der Waals surface area contributed by atoms with Crippen LogP contribution in [-0.2, 0) is 5.41 Å². The van der Waals surface area contributed by atoms with Crippen molar-refractivity contribution in [2.24, 2.45) is 0 Å². The minimum absolute atomic E-state index is 0.118. The lowest BCUT2D eigenvalue weighted by atomic mass is 9.78. The number of benzene rings is 9. The lowest BCUT2D eigenvalue weighted by Gasteiger charge is -2.24. The van der Waals surface area contributed by atoms with Crippen LogP contribution in [0.1, 0.15) is 25.0 Å². The fourth-order valence-electron chi connectivity index (χ4n) is 9.91. The molecule has 0 saturated heterocycles. The van der Waals surface area contributed by atoms with Gasteiger partial charge in [0.05, 0.1) is 0 Å². The number of rotatable bonds is 7. The monoisotopic (exact) mass is 819 g/mol. The van der Waals surface area contributed by atoms with Crippen LogP contribution in [0.25, 0.3) is 112 Å². The summed E-state index contributed by atoms with van der Waals surface area (Å²) >= 11 is 0. The number of aromatic nitrogens is 3. The molecule has 2 aromatic heterocycles. The molecule has 0 atom stereocenters. The second-order valence-electron chi connectivity index (χ2n) is 17.1. The highest BCUT2D eigenvalue weighted by Gasteiger charge is 2.37. The molecule has 0 saturated carbocycles. The Morgan fingerprint density at radius 2 is 0.844 bits per heavy atom. The molecule has 12 rings (SSSR count). The molecule has 9 aromatic carbocycles. The molecule has 0 unspecified atom stereocenters. The number of hydrogen-bond donors (Lipinski definition) is 0. The zero-order chi connectivity index (χ0) is 42.8. The van der Waals surface area contributed by atoms with Gasteiger partial charge in [-0.1, -0.05) is 196 Å². The van der Waals surface area contributed by atoms with Crippen LogP contribution >= 0.6 is 0 Å². The molecule has 0 radical (unpaired) electrons. The van der Waals surface area contributed by atoms with Crippen LogP contribution in [0.15, 0.2) is 217 Å². The topological polar surface area (TPSA) is 51.8 Å². The van der Waals surface area contributed by atoms with Crippen molar-refractivity contribution in [3.05, 3.63) is 223 Å². The van der Waals surface area contributed by atoms with Gasteiger partial charge in [-0.05, 0) is 97.1 Å². The van der Waals surface area contributed by atoms with Crippen molar-refractivity contribution in [1.82, 2.24) is 15.0 Å². The van der Waals surface area contributed by atoms with Gasteiger partial charge in [-0.25, -0.2) is 15.0 Å². The molecule has 11 aromatic rings. The summed E-state index contributed by atoms with van der Waals surface area (Å²) in [5.74, 6) is 1.78. The van der Waals surface area contributed by atoms with Gasteiger partial charge in [0.2, 0.25) is 0 Å². The predicted molar refractivity (Wildman–Crippen MR) is 263 cm³/mol. The lowest BCUT2D eigenvalue weighted by molar-refractivity contribution is 0.662. The van der Waals surface area contributed by atoms with E-state index in [2.05, 4.69) is 196 Å². The maximum Gasteiger partial charge on any atom is 0.164 e. The van der Waals surface area contributed by atoms with Crippen LogP contribution in [0.2, 0.25) is 0 Å². The van der Waals surface area contributed by atoms with Gasteiger partial charge >= 0.3 is 0 Å². The number of nitrogens with zero attached hydrogens (tertiary/aromatic N) is 3. The van der Waals surface area contributed by atoms with Crippen LogP contribution in [0, 0.1) is 0 Å². The van der Waals surface area contributed by atoms with E-state index >= 15 is 0 Å². The first kappa shape index (κ1) is 37.5. The molecule has 4 nitrogen and oxygen atoms in total. The Hall–Kier alpha value is -8.21. The van der Waals surface area contributed by atoms with Gasteiger partial charge in [-0.3, -0.25) is 0 Å². The standard InChI is InChI=1S/C60H41N3O/c1-60(2)52-31-12-11-26-47(52)48-29-15-28-46(56(48)60)43-23-13-22-41(35-43)42-33-34-53-51(37-42)55-50(30-16-32-54(55)64-53)59-62-57(44-24-14-21-40(36-44)38-17-5-3-6-18-38)61-58(63-59)49-27-10-9-25-45(49)39-19-7-4-8-20-39/h3-37H,1-2H3. The van der Waals surface area contributed by atoms with Gasteiger partial charge in [0, 0.05) is 32.9 Å². The molecule has 0 fully saturated rings. The van der Waals surface area contributed by atoms with Gasteiger partial charge in [-0.15, -0.1) is 0 Å². The first-order valence-electron chi connectivity index (χ1n) is 21.8. The first-order valence-corrected chi connectivity index (χ1v) is 21.8. The van der Waals surface area contributed by atoms with Gasteiger partial charge in [0.25, 0.3) is 0 Å². The summed E-state index contributed by atoms with van der Waals surface area (Å²) in [5.41, 5.74) is 18.7. The normalized spacial score (nSPS) is 12.7. The summed E-state index contributed by atoms with van der Waals surface area (Å²) in [5, 5.41) is 1.97. The van der Waals surface area contributed by atoms with Crippen LogP contribution < -0.4 is 0 Å². The summed E-state index contributed by atoms with van der Waals surface area (Å²) < 4.78 is 6.60. The summed E-state index contributed by atoms with van der Waals surface area (Å²) in [7, 11) is 0. The first-order chi connectivity index (χ1) is 31.5. The molecule has 302 valence electrons. The van der Waals surface area contributed by atoms with E-state index in [-0.39, 0.29) is 5.41 Å². The van der Waals surface area contributed by atoms with Crippen molar-refractivity contribution in [2.75, 3.05) is 0 Å². The Morgan fingerprint density at radius 1 is 0.328 bits per heavy atom. The molecular formula is C60H41N3O. The second kappa shape index (κ2) is 15.0. The van der Waals surface area contributed by atoms with Crippen molar-refractivity contribution in [1.29, 1.82) is 0 Å². The fourth-order valence-corrected chi connectivity index (χ4v) is 9.91. The molecule has 0 amide bonds. The van der Waals surface area contributed by atoms with E-state index in [1.165, 1.54) is 33.4 Å². The van der Waals surface area contributed by atoms with Crippen molar-refractivity contribution in [3.8, 4) is 89.8 Å². The molecule has 0 aliphatic heterocycles. The van der Waals surface area contributed by atoms with Crippen molar-refractivity contribution in [3.63, 3.8) is 0 Å². The summed E-state index contributed by atoms with van der Waals surface area (Å²) in [6, 6.07) is 74.9. The number of fused-ring (bicyclic) bond motifs is 6. The summed E-state index contributed by atoms with van der Waals surface area (Å²) in [6.45, 7) is 4.70. The molecule has 64 heavy (non-hydrogen) atoms. The summed E-state index contributed by atoms with van der Waals surface area (Å²) in [4.78, 5) is 15.8. The summed E-state index contributed by atoms with van der Waals surface area (Å²) in [6.07, 6.45) is 0. The van der Waals surface area contributed by atoms with E-state index in [0.717, 1.165) is 72.0 Å². The Kier molecular flexibility index (Phi) is 8.80. The zero-order valence-corrected chi connectivity index (χ0v) is 35.5. The maximum absolute atomic E-state index is 6.60. The molecule has 4 heteroatoms. The van der Waals surface area contributed by atoms with Crippen molar-refractivity contribution < 1.29 is 4.42 Å². The van der Waals surface area contributed by atoms with Crippen LogP contribution in [0.4, 0.5) is 0 Å². The largest absolute Gasteiger partial charge is 0.456 e. The zero-order valence-electron chi connectivity index (χ0n) is 35.5. The Balaban J connectivity index is 1.02. The third-order valence-electron chi connectivity index (χ3n) is 12.9. The third-order valence-corrected chi connectivity index (χ3v) is 12.9.